The third-order valence-corrected chi connectivity index (χ3v) is 4.34. The number of methoxy groups -OCH3 is 1. The Morgan fingerprint density at radius 2 is 2.05 bits per heavy atom. The molecule has 5 heteroatoms. The first kappa shape index (κ1) is 14.0. The summed E-state index contributed by atoms with van der Waals surface area (Å²) in [6.45, 7) is 4.30. The minimum absolute atomic E-state index is 0.0655. The van der Waals surface area contributed by atoms with Crippen molar-refractivity contribution in [2.75, 3.05) is 44.7 Å². The lowest BCUT2D eigenvalue weighted by atomic mass is 10.1. The second-order valence-electron chi connectivity index (χ2n) is 5.66. The van der Waals surface area contributed by atoms with Crippen LogP contribution in [0.4, 0.5) is 10.5 Å². The van der Waals surface area contributed by atoms with Gasteiger partial charge >= 0.3 is 6.03 Å². The minimum Gasteiger partial charge on any atom is -0.497 e. The topological polar surface area (TPSA) is 44.8 Å². The normalized spacial score (nSPS) is 18.2. The van der Waals surface area contributed by atoms with Gasteiger partial charge in [-0.15, -0.1) is 0 Å². The van der Waals surface area contributed by atoms with Crippen molar-refractivity contribution < 1.29 is 9.53 Å². The van der Waals surface area contributed by atoms with Gasteiger partial charge in [0.1, 0.15) is 5.75 Å². The van der Waals surface area contributed by atoms with E-state index in [1.54, 1.807) is 7.11 Å². The van der Waals surface area contributed by atoms with Gasteiger partial charge in [-0.2, -0.15) is 0 Å². The van der Waals surface area contributed by atoms with Crippen LogP contribution in [0.5, 0.6) is 5.75 Å². The van der Waals surface area contributed by atoms with Gasteiger partial charge in [0.15, 0.2) is 0 Å². The highest BCUT2D eigenvalue weighted by molar-refractivity contribution is 5.76. The summed E-state index contributed by atoms with van der Waals surface area (Å²) in [6, 6.07) is 6.41. The van der Waals surface area contributed by atoms with Crippen molar-refractivity contribution in [2.24, 2.45) is 0 Å². The fourth-order valence-corrected chi connectivity index (χ4v) is 3.11. The number of carbonyl (C=O) groups excluding carboxylic acids is 1. The van der Waals surface area contributed by atoms with Gasteiger partial charge in [0.25, 0.3) is 0 Å². The zero-order chi connectivity index (χ0) is 14.7. The van der Waals surface area contributed by atoms with Crippen molar-refractivity contribution in [2.45, 2.75) is 19.3 Å². The maximum Gasteiger partial charge on any atom is 0.317 e. The summed E-state index contributed by atoms with van der Waals surface area (Å²) in [4.78, 5) is 15.9. The number of fused-ring (bicyclic) bond motifs is 1. The van der Waals surface area contributed by atoms with Gasteiger partial charge in [-0.05, 0) is 30.9 Å². The van der Waals surface area contributed by atoms with Crippen LogP contribution in [0.15, 0.2) is 18.2 Å². The summed E-state index contributed by atoms with van der Waals surface area (Å²) in [5.41, 5.74) is 2.66. The van der Waals surface area contributed by atoms with E-state index in [1.807, 2.05) is 11.0 Å². The largest absolute Gasteiger partial charge is 0.497 e. The number of hydrogen-bond acceptors (Lipinski definition) is 3. The van der Waals surface area contributed by atoms with E-state index < -0.39 is 0 Å². The van der Waals surface area contributed by atoms with Crippen LogP contribution >= 0.6 is 0 Å². The summed E-state index contributed by atoms with van der Waals surface area (Å²) >= 11 is 0. The van der Waals surface area contributed by atoms with Gasteiger partial charge in [-0.3, -0.25) is 0 Å². The fraction of sp³-hybridized carbons (Fsp3) is 0.562. The first-order valence-electron chi connectivity index (χ1n) is 7.72. The number of carbonyl (C=O) groups is 1. The number of benzene rings is 1. The van der Waals surface area contributed by atoms with E-state index in [9.17, 15) is 4.79 Å². The second-order valence-corrected chi connectivity index (χ2v) is 5.66. The van der Waals surface area contributed by atoms with Gasteiger partial charge in [0.05, 0.1) is 7.11 Å². The van der Waals surface area contributed by atoms with E-state index in [2.05, 4.69) is 22.3 Å². The number of nitrogens with one attached hydrogen (secondary N) is 1. The van der Waals surface area contributed by atoms with E-state index in [4.69, 9.17) is 4.74 Å². The van der Waals surface area contributed by atoms with Gasteiger partial charge in [0, 0.05) is 44.5 Å². The highest BCUT2D eigenvalue weighted by Crippen LogP contribution is 2.30. The molecule has 2 amide bonds. The lowest BCUT2D eigenvalue weighted by Crippen LogP contribution is -2.37. The molecule has 0 unspecified atom stereocenters. The third kappa shape index (κ3) is 3.06. The SMILES string of the molecule is COc1ccc2c(c1)N(CCN1CCNC1=O)CCCC2. The molecule has 1 saturated heterocycles. The van der Waals surface area contributed by atoms with Crippen molar-refractivity contribution in [3.8, 4) is 5.75 Å². The zero-order valence-corrected chi connectivity index (χ0v) is 12.6. The molecule has 0 radical (unpaired) electrons. The first-order valence-corrected chi connectivity index (χ1v) is 7.72. The zero-order valence-electron chi connectivity index (χ0n) is 12.6. The Kier molecular flexibility index (Phi) is 4.18. The van der Waals surface area contributed by atoms with Crippen molar-refractivity contribution >= 4 is 11.7 Å². The molecule has 0 bridgehead atoms. The highest BCUT2D eigenvalue weighted by Gasteiger charge is 2.21. The molecule has 0 saturated carbocycles. The summed E-state index contributed by atoms with van der Waals surface area (Å²) < 4.78 is 5.36. The van der Waals surface area contributed by atoms with Crippen LogP contribution in [0, 0.1) is 0 Å². The average Bonchev–Trinajstić information content (AvgIpc) is 2.81. The van der Waals surface area contributed by atoms with Crippen LogP contribution in [-0.4, -0.2) is 50.8 Å². The Labute approximate surface area is 125 Å². The van der Waals surface area contributed by atoms with E-state index >= 15 is 0 Å². The molecule has 0 aliphatic carbocycles. The lowest BCUT2D eigenvalue weighted by Gasteiger charge is -2.27. The number of rotatable bonds is 4. The predicted octanol–water partition coefficient (Wildman–Crippen LogP) is 1.86. The maximum absolute atomic E-state index is 11.6. The predicted molar refractivity (Wildman–Crippen MR) is 83.1 cm³/mol. The molecule has 1 aromatic rings. The Morgan fingerprint density at radius 1 is 1.19 bits per heavy atom. The molecule has 1 fully saturated rings. The van der Waals surface area contributed by atoms with Gasteiger partial charge in [-0.25, -0.2) is 4.79 Å². The van der Waals surface area contributed by atoms with E-state index in [-0.39, 0.29) is 6.03 Å². The van der Waals surface area contributed by atoms with Crippen molar-refractivity contribution in [1.29, 1.82) is 0 Å². The Morgan fingerprint density at radius 3 is 2.81 bits per heavy atom. The van der Waals surface area contributed by atoms with Crippen LogP contribution in [0.3, 0.4) is 0 Å². The quantitative estimate of drug-likeness (QED) is 0.920. The van der Waals surface area contributed by atoms with Crippen molar-refractivity contribution in [1.82, 2.24) is 10.2 Å². The van der Waals surface area contributed by atoms with Crippen LogP contribution < -0.4 is 15.0 Å². The Bertz CT molecular complexity index is 518. The number of anilines is 1. The molecule has 0 spiro atoms. The number of amides is 2. The molecule has 0 atom stereocenters. The summed E-state index contributed by atoms with van der Waals surface area (Å²) in [6.07, 6.45) is 3.54. The van der Waals surface area contributed by atoms with E-state index in [1.165, 1.54) is 24.1 Å². The average molecular weight is 289 g/mol. The Balaban J connectivity index is 1.74. The number of urea groups is 1. The first-order chi connectivity index (χ1) is 10.3. The minimum atomic E-state index is 0.0655. The molecule has 114 valence electrons. The summed E-state index contributed by atoms with van der Waals surface area (Å²) in [5, 5.41) is 2.86. The molecule has 5 nitrogen and oxygen atoms in total. The smallest absolute Gasteiger partial charge is 0.317 e. The number of hydrogen-bond donors (Lipinski definition) is 1. The third-order valence-electron chi connectivity index (χ3n) is 4.34. The van der Waals surface area contributed by atoms with Crippen molar-refractivity contribution in [3.05, 3.63) is 23.8 Å². The van der Waals surface area contributed by atoms with Crippen LogP contribution in [0.1, 0.15) is 18.4 Å². The lowest BCUT2D eigenvalue weighted by molar-refractivity contribution is 0.218. The van der Waals surface area contributed by atoms with Gasteiger partial charge in [-0.1, -0.05) is 6.07 Å². The Hall–Kier alpha value is -1.91. The second kappa shape index (κ2) is 6.24. The van der Waals surface area contributed by atoms with Gasteiger partial charge in [0.2, 0.25) is 0 Å². The van der Waals surface area contributed by atoms with Crippen LogP contribution in [-0.2, 0) is 6.42 Å². The van der Waals surface area contributed by atoms with Crippen molar-refractivity contribution in [3.63, 3.8) is 0 Å². The standard InChI is InChI=1S/C16H23N3O2/c1-21-14-6-5-13-4-2-3-8-18(15(13)12-14)10-11-19-9-7-17-16(19)20/h5-6,12H,2-4,7-11H2,1H3,(H,17,20). The molecule has 2 heterocycles. The molecule has 3 rings (SSSR count). The molecule has 2 aliphatic rings. The highest BCUT2D eigenvalue weighted by atomic mass is 16.5. The fourth-order valence-electron chi connectivity index (χ4n) is 3.11. The van der Waals surface area contributed by atoms with E-state index in [0.717, 1.165) is 44.9 Å². The van der Waals surface area contributed by atoms with Crippen LogP contribution in [0.25, 0.3) is 0 Å². The molecule has 21 heavy (non-hydrogen) atoms. The molecule has 0 aromatic heterocycles. The summed E-state index contributed by atoms with van der Waals surface area (Å²) in [7, 11) is 1.71. The molecule has 2 aliphatic heterocycles. The molecular weight excluding hydrogens is 266 g/mol. The van der Waals surface area contributed by atoms with Gasteiger partial charge < -0.3 is 19.9 Å². The maximum atomic E-state index is 11.6. The molecular formula is C16H23N3O2. The molecule has 1 aromatic carbocycles. The van der Waals surface area contributed by atoms with E-state index in [0.29, 0.717) is 0 Å². The summed E-state index contributed by atoms with van der Waals surface area (Å²) in [5.74, 6) is 0.902. The number of ether oxygens (including phenoxy) is 1. The number of aryl methyl sites for hydroxylation is 1. The number of nitrogens with zero attached hydrogens (tertiary/aromatic N) is 2. The monoisotopic (exact) mass is 289 g/mol. The molecule has 1 N–H and O–H groups in total. The van der Waals surface area contributed by atoms with Crippen LogP contribution in [0.2, 0.25) is 0 Å².